The molecule has 0 atom stereocenters. The van der Waals surface area contributed by atoms with E-state index in [0.29, 0.717) is 11.1 Å². The molecule has 17 heavy (non-hydrogen) atoms. The Hall–Kier alpha value is -2.05. The van der Waals surface area contributed by atoms with Gasteiger partial charge in [-0.3, -0.25) is 0 Å². The van der Waals surface area contributed by atoms with Crippen LogP contribution < -0.4 is 0 Å². The van der Waals surface area contributed by atoms with Gasteiger partial charge in [-0.1, -0.05) is 5.16 Å². The van der Waals surface area contributed by atoms with Gasteiger partial charge in [0.25, 0.3) is 0 Å². The Morgan fingerprint density at radius 1 is 1.29 bits per heavy atom. The van der Waals surface area contributed by atoms with Crippen LogP contribution in [0.2, 0.25) is 0 Å². The minimum atomic E-state index is -4.66. The van der Waals surface area contributed by atoms with E-state index < -0.39 is 12.1 Å². The highest BCUT2D eigenvalue weighted by atomic mass is 19.4. The number of hydrogen-bond donors (Lipinski definition) is 1. The van der Waals surface area contributed by atoms with Gasteiger partial charge in [-0.25, -0.2) is 0 Å². The lowest BCUT2D eigenvalue weighted by Crippen LogP contribution is -2.04. The highest BCUT2D eigenvalue weighted by Gasteiger charge is 2.38. The minimum absolute atomic E-state index is 0.0192. The van der Waals surface area contributed by atoms with Gasteiger partial charge in [0.1, 0.15) is 5.75 Å². The van der Waals surface area contributed by atoms with Crippen molar-refractivity contribution in [3.8, 4) is 17.1 Å². The topological polar surface area (TPSA) is 59.2 Å². The summed E-state index contributed by atoms with van der Waals surface area (Å²) >= 11 is 0. The summed E-state index contributed by atoms with van der Waals surface area (Å²) < 4.78 is 40.9. The van der Waals surface area contributed by atoms with Crippen molar-refractivity contribution in [3.63, 3.8) is 0 Å². The second-order valence-corrected chi connectivity index (χ2v) is 3.42. The van der Waals surface area contributed by atoms with E-state index in [-0.39, 0.29) is 11.6 Å². The molecule has 1 heterocycles. The summed E-state index contributed by atoms with van der Waals surface area (Å²) in [7, 11) is 0. The largest absolute Gasteiger partial charge is 0.508 e. The number of phenolic OH excluding ortho intramolecular Hbond substituents is 1. The standard InChI is InChI=1S/C10H7F3N2O2/c1-5-4-6(16)2-3-7(5)8-14-9(17-15-8)10(11,12)13/h2-4,16H,1H3. The molecule has 0 aliphatic heterocycles. The SMILES string of the molecule is Cc1cc(O)ccc1-c1noc(C(F)(F)F)n1. The van der Waals surface area contributed by atoms with Gasteiger partial charge in [0.2, 0.25) is 5.82 Å². The maximum atomic E-state index is 12.2. The number of halogens is 3. The average Bonchev–Trinajstić information content (AvgIpc) is 2.65. The molecule has 0 radical (unpaired) electrons. The van der Waals surface area contributed by atoms with Gasteiger partial charge < -0.3 is 9.63 Å². The average molecular weight is 244 g/mol. The predicted molar refractivity (Wildman–Crippen MR) is 51.1 cm³/mol. The van der Waals surface area contributed by atoms with E-state index in [0.717, 1.165) is 0 Å². The molecule has 1 aromatic heterocycles. The fourth-order valence-corrected chi connectivity index (χ4v) is 1.35. The number of aromatic nitrogens is 2. The summed E-state index contributed by atoms with van der Waals surface area (Å²) in [5.74, 6) is -1.53. The van der Waals surface area contributed by atoms with Crippen molar-refractivity contribution in [1.82, 2.24) is 10.1 Å². The van der Waals surface area contributed by atoms with Gasteiger partial charge in [-0.15, -0.1) is 0 Å². The Bertz CT molecular complexity index is 549. The van der Waals surface area contributed by atoms with Gasteiger partial charge in [-0.2, -0.15) is 18.2 Å². The van der Waals surface area contributed by atoms with Crippen molar-refractivity contribution < 1.29 is 22.8 Å². The van der Waals surface area contributed by atoms with Crippen molar-refractivity contribution in [2.75, 3.05) is 0 Å². The van der Waals surface area contributed by atoms with E-state index in [4.69, 9.17) is 0 Å². The first-order valence-electron chi connectivity index (χ1n) is 4.59. The predicted octanol–water partition coefficient (Wildman–Crippen LogP) is 2.77. The molecule has 0 fully saturated rings. The molecule has 0 aliphatic rings. The lowest BCUT2D eigenvalue weighted by atomic mass is 10.1. The van der Waals surface area contributed by atoms with Crippen molar-refractivity contribution >= 4 is 0 Å². The number of benzene rings is 1. The highest BCUT2D eigenvalue weighted by Crippen LogP contribution is 2.30. The van der Waals surface area contributed by atoms with Crippen LogP contribution in [0.3, 0.4) is 0 Å². The molecule has 90 valence electrons. The fraction of sp³-hybridized carbons (Fsp3) is 0.200. The van der Waals surface area contributed by atoms with Gasteiger partial charge in [0, 0.05) is 5.56 Å². The third kappa shape index (κ3) is 2.22. The van der Waals surface area contributed by atoms with Crippen LogP contribution in [0.4, 0.5) is 13.2 Å². The van der Waals surface area contributed by atoms with E-state index in [1.54, 1.807) is 6.92 Å². The molecule has 0 bridgehead atoms. The molecule has 7 heteroatoms. The number of aryl methyl sites for hydroxylation is 1. The van der Waals surface area contributed by atoms with E-state index in [2.05, 4.69) is 14.7 Å². The molecule has 2 aromatic rings. The zero-order valence-corrected chi connectivity index (χ0v) is 8.62. The number of nitrogens with zero attached hydrogens (tertiary/aromatic N) is 2. The van der Waals surface area contributed by atoms with E-state index >= 15 is 0 Å². The van der Waals surface area contributed by atoms with Crippen LogP contribution in [-0.2, 0) is 6.18 Å². The van der Waals surface area contributed by atoms with Crippen LogP contribution in [0.15, 0.2) is 22.7 Å². The van der Waals surface area contributed by atoms with Crippen molar-refractivity contribution in [1.29, 1.82) is 0 Å². The summed E-state index contributed by atoms with van der Waals surface area (Å²) in [6, 6.07) is 4.17. The smallest absolute Gasteiger partial charge is 0.471 e. The molecule has 0 amide bonds. The second-order valence-electron chi connectivity index (χ2n) is 3.42. The normalized spacial score (nSPS) is 11.8. The first-order valence-corrected chi connectivity index (χ1v) is 4.59. The number of aromatic hydroxyl groups is 1. The maximum absolute atomic E-state index is 12.2. The van der Waals surface area contributed by atoms with Crippen LogP contribution >= 0.6 is 0 Å². The van der Waals surface area contributed by atoms with Gasteiger partial charge >= 0.3 is 12.1 Å². The molecule has 0 spiro atoms. The monoisotopic (exact) mass is 244 g/mol. The van der Waals surface area contributed by atoms with E-state index in [1.165, 1.54) is 18.2 Å². The summed E-state index contributed by atoms with van der Waals surface area (Å²) in [6.45, 7) is 1.62. The number of hydrogen-bond acceptors (Lipinski definition) is 4. The Morgan fingerprint density at radius 3 is 2.53 bits per heavy atom. The van der Waals surface area contributed by atoms with Gasteiger partial charge in [-0.05, 0) is 30.7 Å². The second kappa shape index (κ2) is 3.76. The highest BCUT2D eigenvalue weighted by molar-refractivity contribution is 5.60. The van der Waals surface area contributed by atoms with Crippen molar-refractivity contribution in [2.45, 2.75) is 13.1 Å². The third-order valence-electron chi connectivity index (χ3n) is 2.12. The molecule has 1 aromatic carbocycles. The quantitative estimate of drug-likeness (QED) is 0.837. The van der Waals surface area contributed by atoms with Crippen LogP contribution in [0.5, 0.6) is 5.75 Å². The number of alkyl halides is 3. The van der Waals surface area contributed by atoms with Crippen molar-refractivity contribution in [3.05, 3.63) is 29.7 Å². The molecule has 0 aliphatic carbocycles. The third-order valence-corrected chi connectivity index (χ3v) is 2.12. The Morgan fingerprint density at radius 2 is 2.00 bits per heavy atom. The van der Waals surface area contributed by atoms with Crippen molar-refractivity contribution in [2.24, 2.45) is 0 Å². The summed E-state index contributed by atoms with van der Waals surface area (Å²) in [5.41, 5.74) is 0.932. The molecule has 0 saturated carbocycles. The van der Waals surface area contributed by atoms with Crippen LogP contribution in [0.25, 0.3) is 11.4 Å². The minimum Gasteiger partial charge on any atom is -0.508 e. The summed E-state index contributed by atoms with van der Waals surface area (Å²) in [6.07, 6.45) is -4.66. The zero-order valence-electron chi connectivity index (χ0n) is 8.62. The zero-order chi connectivity index (χ0) is 12.6. The summed E-state index contributed by atoms with van der Waals surface area (Å²) in [4.78, 5) is 3.26. The Labute approximate surface area is 93.7 Å². The molecular weight excluding hydrogens is 237 g/mol. The van der Waals surface area contributed by atoms with E-state index in [1.807, 2.05) is 0 Å². The molecular formula is C10H7F3N2O2. The fourth-order valence-electron chi connectivity index (χ4n) is 1.35. The molecule has 1 N–H and O–H groups in total. The molecule has 2 rings (SSSR count). The summed E-state index contributed by atoms with van der Waals surface area (Å²) in [5, 5.41) is 12.4. The lowest BCUT2D eigenvalue weighted by Gasteiger charge is -2.00. The van der Waals surface area contributed by atoms with Gasteiger partial charge in [0.05, 0.1) is 0 Å². The van der Waals surface area contributed by atoms with Crippen LogP contribution in [-0.4, -0.2) is 15.2 Å². The molecule has 0 unspecified atom stereocenters. The number of phenols is 1. The molecule has 4 nitrogen and oxygen atoms in total. The van der Waals surface area contributed by atoms with Gasteiger partial charge in [0.15, 0.2) is 0 Å². The molecule has 0 saturated heterocycles. The Balaban J connectivity index is 2.44. The number of rotatable bonds is 1. The Kier molecular flexibility index (Phi) is 2.53. The first kappa shape index (κ1) is 11.4. The lowest BCUT2D eigenvalue weighted by molar-refractivity contribution is -0.159. The van der Waals surface area contributed by atoms with E-state index in [9.17, 15) is 18.3 Å². The maximum Gasteiger partial charge on any atom is 0.471 e. The first-order chi connectivity index (χ1) is 7.88. The van der Waals surface area contributed by atoms with Crippen LogP contribution in [0, 0.1) is 6.92 Å². The van der Waals surface area contributed by atoms with Crippen LogP contribution in [0.1, 0.15) is 11.5 Å².